The number of imidazole rings is 1. The third-order valence-electron chi connectivity index (χ3n) is 3.63. The normalized spacial score (nSPS) is 13.0. The van der Waals surface area contributed by atoms with E-state index < -0.39 is 0 Å². The highest BCUT2D eigenvalue weighted by Crippen LogP contribution is 2.21. The molecule has 1 aromatic heterocycles. The van der Waals surface area contributed by atoms with Gasteiger partial charge in [0.2, 0.25) is 0 Å². The van der Waals surface area contributed by atoms with Crippen LogP contribution in [0.3, 0.4) is 0 Å². The zero-order chi connectivity index (χ0) is 14.5. The summed E-state index contributed by atoms with van der Waals surface area (Å²) in [6, 6.07) is 4.63. The molecule has 0 radical (unpaired) electrons. The first-order valence-corrected chi connectivity index (χ1v) is 7.54. The van der Waals surface area contributed by atoms with E-state index in [-0.39, 0.29) is 11.9 Å². The lowest BCUT2D eigenvalue weighted by atomic mass is 10.1. The summed E-state index contributed by atoms with van der Waals surface area (Å²) in [5, 5.41) is 0. The molecule has 4 heteroatoms. The predicted molar refractivity (Wildman–Crippen MR) is 81.1 cm³/mol. The van der Waals surface area contributed by atoms with Crippen LogP contribution in [0.4, 0.5) is 4.39 Å². The molecule has 1 atom stereocenters. The van der Waals surface area contributed by atoms with Gasteiger partial charge in [-0.25, -0.2) is 9.37 Å². The van der Waals surface area contributed by atoms with Gasteiger partial charge in [0.25, 0.3) is 0 Å². The van der Waals surface area contributed by atoms with Gasteiger partial charge in [0.1, 0.15) is 11.6 Å². The first-order valence-electron chi connectivity index (χ1n) is 7.54. The Morgan fingerprint density at radius 2 is 2.00 bits per heavy atom. The van der Waals surface area contributed by atoms with E-state index in [1.54, 1.807) is 6.07 Å². The molecule has 0 aliphatic heterocycles. The summed E-state index contributed by atoms with van der Waals surface area (Å²) in [6.45, 7) is 5.04. The third-order valence-corrected chi connectivity index (χ3v) is 3.63. The molecule has 0 amide bonds. The zero-order valence-electron chi connectivity index (χ0n) is 12.4. The molecule has 3 nitrogen and oxygen atoms in total. The van der Waals surface area contributed by atoms with Crippen molar-refractivity contribution in [2.45, 2.75) is 58.5 Å². The third kappa shape index (κ3) is 3.37. The van der Waals surface area contributed by atoms with E-state index in [0.717, 1.165) is 24.3 Å². The maximum absolute atomic E-state index is 13.3. The average Bonchev–Trinajstić information content (AvgIpc) is 2.76. The molecule has 2 aromatic rings. The lowest BCUT2D eigenvalue weighted by molar-refractivity contribution is 0.549. The van der Waals surface area contributed by atoms with Gasteiger partial charge in [-0.2, -0.15) is 0 Å². The molecule has 0 bridgehead atoms. The molecular weight excluding hydrogens is 253 g/mol. The van der Waals surface area contributed by atoms with Gasteiger partial charge in [-0.15, -0.1) is 0 Å². The number of fused-ring (bicyclic) bond motifs is 1. The Morgan fingerprint density at radius 1 is 1.25 bits per heavy atom. The molecule has 2 N–H and O–H groups in total. The van der Waals surface area contributed by atoms with Crippen LogP contribution < -0.4 is 5.73 Å². The molecule has 2 rings (SSSR count). The topological polar surface area (TPSA) is 43.8 Å². The molecule has 0 aliphatic rings. The molecule has 0 saturated carbocycles. The molecule has 110 valence electrons. The Balaban J connectivity index is 2.18. The Bertz CT molecular complexity index is 560. The van der Waals surface area contributed by atoms with Crippen LogP contribution in [0.1, 0.15) is 57.8 Å². The van der Waals surface area contributed by atoms with Crippen LogP contribution in [0.15, 0.2) is 18.2 Å². The van der Waals surface area contributed by atoms with Crippen LogP contribution in [-0.4, -0.2) is 9.55 Å². The van der Waals surface area contributed by atoms with E-state index in [0.29, 0.717) is 5.52 Å². The van der Waals surface area contributed by atoms with Gasteiger partial charge in [-0.1, -0.05) is 32.6 Å². The number of aromatic nitrogens is 2. The van der Waals surface area contributed by atoms with Gasteiger partial charge in [-0.05, 0) is 25.5 Å². The molecule has 0 fully saturated rings. The van der Waals surface area contributed by atoms with Gasteiger partial charge >= 0.3 is 0 Å². The largest absolute Gasteiger partial charge is 0.327 e. The summed E-state index contributed by atoms with van der Waals surface area (Å²) in [6.07, 6.45) is 6.13. The number of hydrogen-bond acceptors (Lipinski definition) is 2. The molecular formula is C16H24FN3. The number of hydrogen-bond donors (Lipinski definition) is 1. The summed E-state index contributed by atoms with van der Waals surface area (Å²) in [5.74, 6) is 0.599. The van der Waals surface area contributed by atoms with Crippen LogP contribution in [0.2, 0.25) is 0 Å². The van der Waals surface area contributed by atoms with E-state index in [2.05, 4.69) is 16.5 Å². The summed E-state index contributed by atoms with van der Waals surface area (Å²) in [4.78, 5) is 4.49. The molecule has 0 spiro atoms. The highest BCUT2D eigenvalue weighted by molar-refractivity contribution is 5.76. The van der Waals surface area contributed by atoms with Crippen molar-refractivity contribution in [2.24, 2.45) is 5.73 Å². The van der Waals surface area contributed by atoms with Crippen molar-refractivity contribution in [3.63, 3.8) is 0 Å². The summed E-state index contributed by atoms with van der Waals surface area (Å²) in [5.41, 5.74) is 7.67. The van der Waals surface area contributed by atoms with E-state index in [4.69, 9.17) is 5.73 Å². The highest BCUT2D eigenvalue weighted by Gasteiger charge is 2.14. The minimum Gasteiger partial charge on any atom is -0.327 e. The number of unbranched alkanes of at least 4 members (excludes halogenated alkanes) is 4. The number of nitrogens with two attached hydrogens (primary N) is 1. The van der Waals surface area contributed by atoms with Crippen molar-refractivity contribution in [3.8, 4) is 0 Å². The smallest absolute Gasteiger partial charge is 0.126 e. The molecule has 1 unspecified atom stereocenters. The number of aryl methyl sites for hydroxylation is 1. The number of rotatable bonds is 7. The fourth-order valence-corrected chi connectivity index (χ4v) is 2.58. The first-order chi connectivity index (χ1) is 9.63. The van der Waals surface area contributed by atoms with Crippen molar-refractivity contribution >= 4 is 11.0 Å². The number of benzene rings is 1. The van der Waals surface area contributed by atoms with E-state index in [9.17, 15) is 4.39 Å². The summed E-state index contributed by atoms with van der Waals surface area (Å²) < 4.78 is 15.4. The van der Waals surface area contributed by atoms with E-state index in [1.807, 2.05) is 6.92 Å². The maximum Gasteiger partial charge on any atom is 0.126 e. The predicted octanol–water partition coefficient (Wildman–Crippen LogP) is 4.17. The Hall–Kier alpha value is -1.42. The van der Waals surface area contributed by atoms with Gasteiger partial charge < -0.3 is 10.3 Å². The fraction of sp³-hybridized carbons (Fsp3) is 0.562. The minimum atomic E-state index is -0.249. The molecule has 1 heterocycles. The van der Waals surface area contributed by atoms with Crippen LogP contribution in [0.25, 0.3) is 11.0 Å². The highest BCUT2D eigenvalue weighted by atomic mass is 19.1. The second kappa shape index (κ2) is 6.84. The zero-order valence-corrected chi connectivity index (χ0v) is 12.4. The van der Waals surface area contributed by atoms with Crippen molar-refractivity contribution < 1.29 is 4.39 Å². The second-order valence-electron chi connectivity index (χ2n) is 5.46. The number of nitrogens with zero attached hydrogens (tertiary/aromatic N) is 2. The Labute approximate surface area is 120 Å². The molecule has 0 saturated heterocycles. The summed E-state index contributed by atoms with van der Waals surface area (Å²) in [7, 11) is 0. The number of halogens is 1. The van der Waals surface area contributed by atoms with Gasteiger partial charge in [0.05, 0.1) is 17.1 Å². The SMILES string of the molecule is CCCCCCCn1c(C(C)N)nc2cc(F)ccc21. The Kier molecular flexibility index (Phi) is 5.12. The van der Waals surface area contributed by atoms with Crippen LogP contribution in [-0.2, 0) is 6.54 Å². The van der Waals surface area contributed by atoms with Gasteiger partial charge in [0.15, 0.2) is 0 Å². The van der Waals surface area contributed by atoms with Gasteiger partial charge in [-0.3, -0.25) is 0 Å². The lowest BCUT2D eigenvalue weighted by Gasteiger charge is -2.11. The van der Waals surface area contributed by atoms with Crippen LogP contribution in [0.5, 0.6) is 0 Å². The summed E-state index contributed by atoms with van der Waals surface area (Å²) >= 11 is 0. The Morgan fingerprint density at radius 3 is 2.70 bits per heavy atom. The first kappa shape index (κ1) is 15.0. The van der Waals surface area contributed by atoms with E-state index >= 15 is 0 Å². The molecule has 20 heavy (non-hydrogen) atoms. The molecule has 0 aliphatic carbocycles. The van der Waals surface area contributed by atoms with Gasteiger partial charge in [0, 0.05) is 12.6 Å². The van der Waals surface area contributed by atoms with Crippen LogP contribution in [0, 0.1) is 5.82 Å². The van der Waals surface area contributed by atoms with Crippen molar-refractivity contribution in [1.82, 2.24) is 9.55 Å². The maximum atomic E-state index is 13.3. The fourth-order valence-electron chi connectivity index (χ4n) is 2.58. The van der Waals surface area contributed by atoms with Crippen LogP contribution >= 0.6 is 0 Å². The average molecular weight is 277 g/mol. The van der Waals surface area contributed by atoms with Crippen molar-refractivity contribution in [3.05, 3.63) is 29.8 Å². The lowest BCUT2D eigenvalue weighted by Crippen LogP contribution is -2.13. The monoisotopic (exact) mass is 277 g/mol. The minimum absolute atomic E-state index is 0.138. The quantitative estimate of drug-likeness (QED) is 0.772. The van der Waals surface area contributed by atoms with Crippen molar-refractivity contribution in [2.75, 3.05) is 0 Å². The standard InChI is InChI=1S/C16H24FN3/c1-3-4-5-6-7-10-20-15-9-8-13(17)11-14(15)19-16(20)12(2)18/h8-9,11-12H,3-7,10,18H2,1-2H3. The molecule has 1 aromatic carbocycles. The second-order valence-corrected chi connectivity index (χ2v) is 5.46. The van der Waals surface area contributed by atoms with E-state index in [1.165, 1.54) is 37.8 Å². The van der Waals surface area contributed by atoms with Crippen molar-refractivity contribution in [1.29, 1.82) is 0 Å².